The molecule has 2 fully saturated rings. The Balaban J connectivity index is 1.68. The summed E-state index contributed by atoms with van der Waals surface area (Å²) in [5.41, 5.74) is 0.868. The molecule has 0 aliphatic carbocycles. The third kappa shape index (κ3) is 5.60. The van der Waals surface area contributed by atoms with Crippen LogP contribution in [0.3, 0.4) is 0 Å². The summed E-state index contributed by atoms with van der Waals surface area (Å²) >= 11 is 0. The minimum Gasteiger partial charge on any atom is -0.507 e. The third-order valence-corrected chi connectivity index (χ3v) is 8.68. The number of Topliss-reactive ketones (excluding diaryl/α,β-unsaturated/α-hetero) is 1. The number of rotatable bonds is 9. The van der Waals surface area contributed by atoms with Gasteiger partial charge in [-0.2, -0.15) is 0 Å². The number of aliphatic hydroxyl groups excluding tert-OH is 1. The Morgan fingerprint density at radius 1 is 1.03 bits per heavy atom. The first-order valence-electron chi connectivity index (χ1n) is 12.4. The lowest BCUT2D eigenvalue weighted by Gasteiger charge is -2.29. The molecule has 0 bridgehead atoms. The molecule has 1 amide bonds. The number of ketones is 1. The lowest BCUT2D eigenvalue weighted by molar-refractivity contribution is -0.140. The highest BCUT2D eigenvalue weighted by atomic mass is 32.2. The van der Waals surface area contributed by atoms with Crippen LogP contribution in [0.4, 0.5) is 0 Å². The number of methoxy groups -OCH3 is 1. The molecule has 0 spiro atoms. The second-order valence-electron chi connectivity index (χ2n) is 9.39. The molecule has 4 rings (SSSR count). The maximum absolute atomic E-state index is 13.3. The number of benzene rings is 2. The van der Waals surface area contributed by atoms with Crippen molar-refractivity contribution >= 4 is 27.5 Å². The highest BCUT2D eigenvalue weighted by Gasteiger charge is 2.45. The maximum Gasteiger partial charge on any atom is 0.295 e. The molecule has 2 aromatic carbocycles. The molecule has 0 aromatic heterocycles. The van der Waals surface area contributed by atoms with Gasteiger partial charge in [0.15, 0.2) is 0 Å². The number of sulfonamides is 1. The molecule has 2 aromatic rings. The van der Waals surface area contributed by atoms with Crippen LogP contribution < -0.4 is 4.74 Å². The number of likely N-dealkylation sites (tertiary alicyclic amines) is 1. The minimum absolute atomic E-state index is 0.0326. The highest BCUT2D eigenvalue weighted by molar-refractivity contribution is 7.89. The summed E-state index contributed by atoms with van der Waals surface area (Å²) in [5.74, 6) is -1.19. The number of amides is 1. The summed E-state index contributed by atoms with van der Waals surface area (Å²) < 4.78 is 36.6. The Morgan fingerprint density at radius 2 is 1.66 bits per heavy atom. The van der Waals surface area contributed by atoms with Crippen molar-refractivity contribution in [1.82, 2.24) is 14.1 Å². The number of hydrogen-bond acceptors (Lipinski definition) is 8. The molecular formula is C27H33N3O7S. The van der Waals surface area contributed by atoms with Crippen LogP contribution in [0.25, 0.3) is 5.76 Å². The first-order chi connectivity index (χ1) is 18.1. The lowest BCUT2D eigenvalue weighted by atomic mass is 9.95. The van der Waals surface area contributed by atoms with E-state index >= 15 is 0 Å². The third-order valence-electron chi connectivity index (χ3n) is 6.85. The summed E-state index contributed by atoms with van der Waals surface area (Å²) in [6.45, 7) is 4.06. The van der Waals surface area contributed by atoms with Crippen molar-refractivity contribution in [3.8, 4) is 5.75 Å². The molecule has 38 heavy (non-hydrogen) atoms. The van der Waals surface area contributed by atoms with Crippen molar-refractivity contribution < 1.29 is 32.6 Å². The van der Waals surface area contributed by atoms with Gasteiger partial charge in [-0.3, -0.25) is 14.5 Å². The van der Waals surface area contributed by atoms with Crippen molar-refractivity contribution in [1.29, 1.82) is 0 Å². The summed E-state index contributed by atoms with van der Waals surface area (Å²) in [4.78, 5) is 30.3. The van der Waals surface area contributed by atoms with Gasteiger partial charge in [0, 0.05) is 45.8 Å². The number of nitrogens with zero attached hydrogens (tertiary/aromatic N) is 3. The molecule has 2 heterocycles. The monoisotopic (exact) mass is 543 g/mol. The van der Waals surface area contributed by atoms with Crippen molar-refractivity contribution in [3.05, 3.63) is 65.2 Å². The van der Waals surface area contributed by atoms with Crippen molar-refractivity contribution in [2.24, 2.45) is 0 Å². The van der Waals surface area contributed by atoms with Crippen molar-refractivity contribution in [2.75, 3.05) is 60.6 Å². The van der Waals surface area contributed by atoms with E-state index in [0.29, 0.717) is 37.5 Å². The van der Waals surface area contributed by atoms with Crippen LogP contribution in [0.2, 0.25) is 0 Å². The molecule has 2 aliphatic rings. The standard InChI is InChI=1S/C27H33N3O7S/c1-28(2)38(34,35)22-11-7-20(8-12-22)25(31)23-24(19-5-9-21(36-3)10-6-19)30(27(33)26(23)32)14-4-13-29-15-17-37-18-16-29/h5-12,24,31H,4,13-18H2,1-3H3/b25-23+. The summed E-state index contributed by atoms with van der Waals surface area (Å²) in [5, 5.41) is 11.3. The van der Waals surface area contributed by atoms with Crippen LogP contribution in [0.15, 0.2) is 59.0 Å². The van der Waals surface area contributed by atoms with E-state index in [2.05, 4.69) is 4.90 Å². The topological polar surface area (TPSA) is 117 Å². The van der Waals surface area contributed by atoms with E-state index < -0.39 is 27.8 Å². The molecule has 2 saturated heterocycles. The van der Waals surface area contributed by atoms with Gasteiger partial charge in [0.25, 0.3) is 11.7 Å². The van der Waals surface area contributed by atoms with Crippen LogP contribution in [0.1, 0.15) is 23.6 Å². The molecule has 1 atom stereocenters. The molecule has 0 saturated carbocycles. The lowest BCUT2D eigenvalue weighted by Crippen LogP contribution is -2.38. The van der Waals surface area contributed by atoms with Crippen LogP contribution in [-0.4, -0.2) is 99.9 Å². The molecule has 1 N–H and O–H groups in total. The zero-order valence-electron chi connectivity index (χ0n) is 21.8. The second-order valence-corrected chi connectivity index (χ2v) is 11.5. The van der Waals surface area contributed by atoms with E-state index in [0.717, 1.165) is 23.9 Å². The number of ether oxygens (including phenoxy) is 2. The molecular weight excluding hydrogens is 510 g/mol. The van der Waals surface area contributed by atoms with Crippen molar-refractivity contribution in [3.63, 3.8) is 0 Å². The fraction of sp³-hybridized carbons (Fsp3) is 0.407. The summed E-state index contributed by atoms with van der Waals surface area (Å²) in [7, 11) is 0.743. The van der Waals surface area contributed by atoms with Gasteiger partial charge < -0.3 is 19.5 Å². The molecule has 1 unspecified atom stereocenters. The molecule has 2 aliphatic heterocycles. The maximum atomic E-state index is 13.3. The van der Waals surface area contributed by atoms with Gasteiger partial charge in [0.2, 0.25) is 10.0 Å². The van der Waals surface area contributed by atoms with Gasteiger partial charge in [-0.15, -0.1) is 0 Å². The molecule has 11 heteroatoms. The van der Waals surface area contributed by atoms with E-state index in [1.807, 2.05) is 0 Å². The normalized spacial score (nSPS) is 20.3. The van der Waals surface area contributed by atoms with E-state index in [1.54, 1.807) is 31.4 Å². The number of aliphatic hydroxyl groups is 1. The van der Waals surface area contributed by atoms with E-state index in [1.165, 1.54) is 43.3 Å². The molecule has 0 radical (unpaired) electrons. The fourth-order valence-corrected chi connectivity index (χ4v) is 5.59. The fourth-order valence-electron chi connectivity index (χ4n) is 4.68. The Labute approximate surface area is 223 Å². The minimum atomic E-state index is -3.66. The van der Waals surface area contributed by atoms with E-state index in [4.69, 9.17) is 9.47 Å². The first kappa shape index (κ1) is 27.8. The van der Waals surface area contributed by atoms with E-state index in [9.17, 15) is 23.1 Å². The Hall–Kier alpha value is -3.25. The number of morpholine rings is 1. The van der Waals surface area contributed by atoms with E-state index in [-0.39, 0.29) is 21.8 Å². The number of carbonyl (C=O) groups is 2. The van der Waals surface area contributed by atoms with Crippen LogP contribution >= 0.6 is 0 Å². The zero-order valence-corrected chi connectivity index (χ0v) is 22.6. The van der Waals surface area contributed by atoms with Gasteiger partial charge in [0.1, 0.15) is 11.5 Å². The Morgan fingerprint density at radius 3 is 2.24 bits per heavy atom. The van der Waals surface area contributed by atoms with Gasteiger partial charge in [-0.05, 0) is 48.4 Å². The average molecular weight is 544 g/mol. The van der Waals surface area contributed by atoms with Gasteiger partial charge in [-0.1, -0.05) is 12.1 Å². The SMILES string of the molecule is COc1ccc(C2/C(=C(\O)c3ccc(S(=O)(=O)N(C)C)cc3)C(=O)C(=O)N2CCCN2CCOCC2)cc1. The predicted molar refractivity (Wildman–Crippen MR) is 141 cm³/mol. The number of carbonyl (C=O) groups excluding carboxylic acids is 2. The summed E-state index contributed by atoms with van der Waals surface area (Å²) in [6, 6.07) is 11.8. The zero-order chi connectivity index (χ0) is 27.4. The number of hydrogen-bond donors (Lipinski definition) is 1. The average Bonchev–Trinajstić information content (AvgIpc) is 3.18. The van der Waals surface area contributed by atoms with Gasteiger partial charge in [0.05, 0.1) is 36.8 Å². The van der Waals surface area contributed by atoms with Gasteiger partial charge >= 0.3 is 0 Å². The van der Waals surface area contributed by atoms with Gasteiger partial charge in [-0.25, -0.2) is 12.7 Å². The second kappa shape index (κ2) is 11.6. The first-order valence-corrected chi connectivity index (χ1v) is 13.8. The predicted octanol–water partition coefficient (Wildman–Crippen LogP) is 2.09. The summed E-state index contributed by atoms with van der Waals surface area (Å²) in [6.07, 6.45) is 0.650. The Kier molecular flexibility index (Phi) is 8.51. The smallest absolute Gasteiger partial charge is 0.295 e. The quantitative estimate of drug-likeness (QED) is 0.290. The molecule has 10 nitrogen and oxygen atoms in total. The largest absolute Gasteiger partial charge is 0.507 e. The Bertz CT molecular complexity index is 1300. The van der Waals surface area contributed by atoms with Crippen LogP contribution in [-0.2, 0) is 24.3 Å². The van der Waals surface area contributed by atoms with Crippen LogP contribution in [0.5, 0.6) is 5.75 Å². The van der Waals surface area contributed by atoms with Crippen molar-refractivity contribution in [2.45, 2.75) is 17.4 Å². The van der Waals surface area contributed by atoms with Crippen LogP contribution in [0, 0.1) is 0 Å². The highest BCUT2D eigenvalue weighted by Crippen LogP contribution is 2.40. The molecule has 204 valence electrons.